The summed E-state index contributed by atoms with van der Waals surface area (Å²) in [5, 5.41) is 9.35. The van der Waals surface area contributed by atoms with Crippen LogP contribution in [0.1, 0.15) is 33.5 Å². The van der Waals surface area contributed by atoms with Crippen LogP contribution in [0.25, 0.3) is 11.1 Å². The number of benzene rings is 5. The number of nitrogens with zero attached hydrogens (tertiary/aromatic N) is 2. The number of rotatable bonds is 15. The number of ether oxygens (including phenoxy) is 1. The topological polar surface area (TPSA) is 70.1 Å². The highest BCUT2D eigenvalue weighted by Gasteiger charge is 2.18. The SMILES string of the molecule is O=C(O)CCN(Cc1ccc(-c2ccccc2)cc1)C(=O)c1cccc(OCCN(Cc2ccccc2)Cc2ccccc2)c1. The summed E-state index contributed by atoms with van der Waals surface area (Å²) in [6.45, 7) is 3.15. The Kier molecular flexibility index (Phi) is 11.1. The Balaban J connectivity index is 1.23. The van der Waals surface area contributed by atoms with Crippen LogP contribution in [0.2, 0.25) is 0 Å². The molecule has 1 N–H and O–H groups in total. The Morgan fingerprint density at radius 1 is 0.578 bits per heavy atom. The van der Waals surface area contributed by atoms with Gasteiger partial charge in [0.05, 0.1) is 6.42 Å². The highest BCUT2D eigenvalue weighted by molar-refractivity contribution is 5.94. The number of hydrogen-bond acceptors (Lipinski definition) is 4. The first-order valence-corrected chi connectivity index (χ1v) is 15.2. The lowest BCUT2D eigenvalue weighted by Gasteiger charge is -2.24. The molecule has 0 aliphatic rings. The van der Waals surface area contributed by atoms with Crippen LogP contribution in [0.3, 0.4) is 0 Å². The van der Waals surface area contributed by atoms with E-state index in [0.717, 1.165) is 29.8 Å². The highest BCUT2D eigenvalue weighted by Crippen LogP contribution is 2.21. The normalized spacial score (nSPS) is 10.9. The zero-order valence-electron chi connectivity index (χ0n) is 25.3. The van der Waals surface area contributed by atoms with Gasteiger partial charge in [0.2, 0.25) is 0 Å². The van der Waals surface area contributed by atoms with E-state index in [0.29, 0.717) is 31.0 Å². The molecule has 6 nitrogen and oxygen atoms in total. The molecule has 5 rings (SSSR count). The van der Waals surface area contributed by atoms with Crippen molar-refractivity contribution in [3.8, 4) is 16.9 Å². The van der Waals surface area contributed by atoms with Gasteiger partial charge in [-0.05, 0) is 46.0 Å². The Hall–Kier alpha value is -5.20. The maximum absolute atomic E-state index is 13.7. The second-order valence-electron chi connectivity index (χ2n) is 11.0. The molecular formula is C39H38N2O4. The van der Waals surface area contributed by atoms with E-state index in [-0.39, 0.29) is 18.9 Å². The monoisotopic (exact) mass is 598 g/mol. The van der Waals surface area contributed by atoms with E-state index in [2.05, 4.69) is 65.6 Å². The molecule has 0 unspecified atom stereocenters. The predicted molar refractivity (Wildman–Crippen MR) is 178 cm³/mol. The molecule has 6 heteroatoms. The van der Waals surface area contributed by atoms with Crippen LogP contribution >= 0.6 is 0 Å². The van der Waals surface area contributed by atoms with Gasteiger partial charge in [-0.15, -0.1) is 0 Å². The summed E-state index contributed by atoms with van der Waals surface area (Å²) in [7, 11) is 0. The maximum Gasteiger partial charge on any atom is 0.305 e. The minimum Gasteiger partial charge on any atom is -0.492 e. The van der Waals surface area contributed by atoms with Crippen molar-refractivity contribution < 1.29 is 19.4 Å². The molecule has 0 atom stereocenters. The van der Waals surface area contributed by atoms with Crippen LogP contribution in [-0.4, -0.2) is 46.5 Å². The summed E-state index contributed by atoms with van der Waals surface area (Å²) in [6.07, 6.45) is -0.136. The lowest BCUT2D eigenvalue weighted by molar-refractivity contribution is -0.137. The summed E-state index contributed by atoms with van der Waals surface area (Å²) >= 11 is 0. The van der Waals surface area contributed by atoms with Gasteiger partial charge in [-0.1, -0.05) is 121 Å². The van der Waals surface area contributed by atoms with E-state index in [4.69, 9.17) is 4.74 Å². The first-order chi connectivity index (χ1) is 22.0. The van der Waals surface area contributed by atoms with Crippen LogP contribution < -0.4 is 4.74 Å². The van der Waals surface area contributed by atoms with Gasteiger partial charge in [0.25, 0.3) is 5.91 Å². The minimum absolute atomic E-state index is 0.105. The molecule has 0 aliphatic heterocycles. The predicted octanol–water partition coefficient (Wildman–Crippen LogP) is 7.55. The molecule has 0 saturated heterocycles. The second kappa shape index (κ2) is 16.0. The number of aliphatic carboxylic acids is 1. The molecule has 0 bridgehead atoms. The summed E-state index contributed by atoms with van der Waals surface area (Å²) in [5.41, 5.74) is 6.05. The number of hydrogen-bond donors (Lipinski definition) is 1. The molecule has 1 amide bonds. The van der Waals surface area contributed by atoms with Crippen molar-refractivity contribution in [3.63, 3.8) is 0 Å². The molecule has 0 aromatic heterocycles. The molecule has 5 aromatic carbocycles. The molecule has 0 fully saturated rings. The summed E-state index contributed by atoms with van der Waals surface area (Å²) in [4.78, 5) is 29.0. The van der Waals surface area contributed by atoms with Crippen LogP contribution in [0.15, 0.2) is 140 Å². The lowest BCUT2D eigenvalue weighted by Crippen LogP contribution is -2.32. The van der Waals surface area contributed by atoms with Gasteiger partial charge in [-0.2, -0.15) is 0 Å². The number of amides is 1. The van der Waals surface area contributed by atoms with Crippen molar-refractivity contribution in [2.24, 2.45) is 0 Å². The second-order valence-corrected chi connectivity index (χ2v) is 11.0. The average Bonchev–Trinajstić information content (AvgIpc) is 3.08. The Bertz CT molecular complexity index is 1600. The van der Waals surface area contributed by atoms with Crippen molar-refractivity contribution >= 4 is 11.9 Å². The third-order valence-corrected chi connectivity index (χ3v) is 7.57. The summed E-state index contributed by atoms with van der Waals surface area (Å²) in [6, 6.07) is 46.0. The molecule has 0 aliphatic carbocycles. The zero-order chi connectivity index (χ0) is 31.3. The number of carboxylic acid groups (broad SMARTS) is 1. The Labute approximate surface area is 265 Å². The van der Waals surface area contributed by atoms with E-state index < -0.39 is 5.97 Å². The third-order valence-electron chi connectivity index (χ3n) is 7.57. The molecule has 0 radical (unpaired) electrons. The minimum atomic E-state index is -0.945. The van der Waals surface area contributed by atoms with E-state index >= 15 is 0 Å². The van der Waals surface area contributed by atoms with Gasteiger partial charge in [-0.3, -0.25) is 14.5 Å². The zero-order valence-corrected chi connectivity index (χ0v) is 25.3. The summed E-state index contributed by atoms with van der Waals surface area (Å²) < 4.78 is 6.15. The largest absolute Gasteiger partial charge is 0.492 e. The van der Waals surface area contributed by atoms with Crippen molar-refractivity contribution in [3.05, 3.63) is 162 Å². The van der Waals surface area contributed by atoms with Gasteiger partial charge in [-0.25, -0.2) is 0 Å². The molecule has 228 valence electrons. The van der Waals surface area contributed by atoms with E-state index in [9.17, 15) is 14.7 Å². The van der Waals surface area contributed by atoms with Gasteiger partial charge < -0.3 is 14.7 Å². The molecule has 45 heavy (non-hydrogen) atoms. The van der Waals surface area contributed by atoms with Gasteiger partial charge in [0.15, 0.2) is 0 Å². The molecule has 0 saturated carbocycles. The maximum atomic E-state index is 13.7. The van der Waals surface area contributed by atoms with Crippen molar-refractivity contribution in [1.82, 2.24) is 9.80 Å². The molecular weight excluding hydrogens is 560 g/mol. The fourth-order valence-corrected chi connectivity index (χ4v) is 5.23. The third kappa shape index (κ3) is 9.65. The quantitative estimate of drug-likeness (QED) is 0.135. The Morgan fingerprint density at radius 3 is 1.73 bits per heavy atom. The van der Waals surface area contributed by atoms with Crippen LogP contribution in [0.4, 0.5) is 0 Å². The fraction of sp³-hybridized carbons (Fsp3) is 0.179. The van der Waals surface area contributed by atoms with Crippen molar-refractivity contribution in [2.75, 3.05) is 19.7 Å². The van der Waals surface area contributed by atoms with E-state index in [1.165, 1.54) is 11.1 Å². The highest BCUT2D eigenvalue weighted by atomic mass is 16.5. The number of carbonyl (C=O) groups is 2. The van der Waals surface area contributed by atoms with E-state index in [1.807, 2.05) is 60.7 Å². The van der Waals surface area contributed by atoms with Crippen LogP contribution in [-0.2, 0) is 24.4 Å². The standard InChI is InChI=1S/C39H38N2O4/c42-38(43)23-24-41(30-33-19-21-35(22-20-33)34-15-8-3-9-16-34)39(44)36-17-10-18-37(27-36)45-26-25-40(28-31-11-4-1-5-12-31)29-32-13-6-2-7-14-32/h1-22,27H,23-26,28-30H2,(H,42,43). The Morgan fingerprint density at radius 2 is 1.13 bits per heavy atom. The number of carbonyl (C=O) groups excluding carboxylic acids is 1. The smallest absolute Gasteiger partial charge is 0.305 e. The number of carboxylic acids is 1. The first-order valence-electron chi connectivity index (χ1n) is 15.2. The van der Waals surface area contributed by atoms with Gasteiger partial charge in [0.1, 0.15) is 12.4 Å². The van der Waals surface area contributed by atoms with Crippen molar-refractivity contribution in [2.45, 2.75) is 26.1 Å². The van der Waals surface area contributed by atoms with Crippen LogP contribution in [0.5, 0.6) is 5.75 Å². The fourth-order valence-electron chi connectivity index (χ4n) is 5.23. The average molecular weight is 599 g/mol. The first kappa shape index (κ1) is 31.2. The summed E-state index contributed by atoms with van der Waals surface area (Å²) in [5.74, 6) is -0.575. The van der Waals surface area contributed by atoms with Crippen molar-refractivity contribution in [1.29, 1.82) is 0 Å². The van der Waals surface area contributed by atoms with Crippen LogP contribution in [0, 0.1) is 0 Å². The van der Waals surface area contributed by atoms with Gasteiger partial charge in [0, 0.05) is 38.3 Å². The molecule has 0 heterocycles. The molecule has 0 spiro atoms. The lowest BCUT2D eigenvalue weighted by atomic mass is 10.0. The van der Waals surface area contributed by atoms with Gasteiger partial charge >= 0.3 is 5.97 Å². The molecule has 5 aromatic rings. The van der Waals surface area contributed by atoms with E-state index in [1.54, 1.807) is 23.1 Å².